The van der Waals surface area contributed by atoms with E-state index in [1.54, 1.807) is 11.3 Å². The molecule has 0 radical (unpaired) electrons. The van der Waals surface area contributed by atoms with Gasteiger partial charge in [-0.1, -0.05) is 0 Å². The highest BCUT2D eigenvalue weighted by molar-refractivity contribution is 7.11. The normalized spacial score (nSPS) is 10.2. The third kappa shape index (κ3) is 3.08. The molecule has 5 heteroatoms. The SMILES string of the molecule is Cc1nc(CCNC(=O)CN)sc1C. The van der Waals surface area contributed by atoms with Gasteiger partial charge in [-0.15, -0.1) is 11.3 Å². The maximum Gasteiger partial charge on any atom is 0.233 e. The number of nitrogens with zero attached hydrogens (tertiary/aromatic N) is 1. The fourth-order valence-electron chi connectivity index (χ4n) is 1.03. The molecular weight excluding hydrogens is 198 g/mol. The minimum Gasteiger partial charge on any atom is -0.355 e. The van der Waals surface area contributed by atoms with Crippen LogP contribution in [0.5, 0.6) is 0 Å². The van der Waals surface area contributed by atoms with Crippen molar-refractivity contribution in [1.82, 2.24) is 10.3 Å². The maximum absolute atomic E-state index is 10.8. The summed E-state index contributed by atoms with van der Waals surface area (Å²) < 4.78 is 0. The first-order valence-electron chi connectivity index (χ1n) is 4.53. The van der Waals surface area contributed by atoms with Gasteiger partial charge >= 0.3 is 0 Å². The summed E-state index contributed by atoms with van der Waals surface area (Å²) in [6.45, 7) is 4.71. The number of carbonyl (C=O) groups excluding carboxylic acids is 1. The Kier molecular flexibility index (Phi) is 4.03. The van der Waals surface area contributed by atoms with E-state index in [-0.39, 0.29) is 12.5 Å². The summed E-state index contributed by atoms with van der Waals surface area (Å²) in [5, 5.41) is 3.78. The van der Waals surface area contributed by atoms with Crippen LogP contribution in [0, 0.1) is 13.8 Å². The van der Waals surface area contributed by atoms with Gasteiger partial charge < -0.3 is 11.1 Å². The van der Waals surface area contributed by atoms with Gasteiger partial charge in [-0.25, -0.2) is 4.98 Å². The van der Waals surface area contributed by atoms with Gasteiger partial charge in [0.05, 0.1) is 17.2 Å². The molecule has 0 aliphatic rings. The van der Waals surface area contributed by atoms with Crippen LogP contribution >= 0.6 is 11.3 Å². The minimum atomic E-state index is -0.116. The fraction of sp³-hybridized carbons (Fsp3) is 0.556. The van der Waals surface area contributed by atoms with Crippen LogP contribution in [-0.4, -0.2) is 24.0 Å². The summed E-state index contributed by atoms with van der Waals surface area (Å²) in [5.74, 6) is -0.116. The Morgan fingerprint density at radius 2 is 2.29 bits per heavy atom. The van der Waals surface area contributed by atoms with Gasteiger partial charge in [0.1, 0.15) is 0 Å². The average molecular weight is 213 g/mol. The van der Waals surface area contributed by atoms with E-state index in [9.17, 15) is 4.79 Å². The van der Waals surface area contributed by atoms with E-state index in [1.807, 2.05) is 6.92 Å². The highest BCUT2D eigenvalue weighted by Crippen LogP contribution is 2.16. The lowest BCUT2D eigenvalue weighted by molar-refractivity contribution is -0.119. The Bertz CT molecular complexity index is 302. The number of rotatable bonds is 4. The first-order chi connectivity index (χ1) is 6.63. The average Bonchev–Trinajstić information content (AvgIpc) is 2.46. The number of aryl methyl sites for hydroxylation is 2. The van der Waals surface area contributed by atoms with Crippen molar-refractivity contribution in [1.29, 1.82) is 0 Å². The second-order valence-corrected chi connectivity index (χ2v) is 4.34. The Hall–Kier alpha value is -0.940. The summed E-state index contributed by atoms with van der Waals surface area (Å²) in [6.07, 6.45) is 0.783. The van der Waals surface area contributed by atoms with E-state index in [2.05, 4.69) is 17.2 Å². The number of nitrogens with one attached hydrogen (secondary N) is 1. The standard InChI is InChI=1S/C9H15N3OS/c1-6-7(2)14-9(12-6)3-4-11-8(13)5-10/h3-5,10H2,1-2H3,(H,11,13). The maximum atomic E-state index is 10.8. The van der Waals surface area contributed by atoms with E-state index >= 15 is 0 Å². The molecule has 0 bridgehead atoms. The molecule has 1 heterocycles. The quantitative estimate of drug-likeness (QED) is 0.759. The highest BCUT2D eigenvalue weighted by atomic mass is 32.1. The molecule has 1 aromatic heterocycles. The molecule has 4 nitrogen and oxygen atoms in total. The van der Waals surface area contributed by atoms with Crippen LogP contribution in [0.4, 0.5) is 0 Å². The largest absolute Gasteiger partial charge is 0.355 e. The Balaban J connectivity index is 2.35. The van der Waals surface area contributed by atoms with Crippen LogP contribution in [0.2, 0.25) is 0 Å². The summed E-state index contributed by atoms with van der Waals surface area (Å²) in [4.78, 5) is 16.4. The number of aromatic nitrogens is 1. The van der Waals surface area contributed by atoms with Crippen LogP contribution in [0.3, 0.4) is 0 Å². The molecule has 0 saturated heterocycles. The Labute approximate surface area is 87.5 Å². The number of carbonyl (C=O) groups is 1. The van der Waals surface area contributed by atoms with Gasteiger partial charge in [0.15, 0.2) is 0 Å². The van der Waals surface area contributed by atoms with Gasteiger partial charge in [-0.2, -0.15) is 0 Å². The lowest BCUT2D eigenvalue weighted by Crippen LogP contribution is -2.31. The lowest BCUT2D eigenvalue weighted by atomic mass is 10.4. The number of thiazole rings is 1. The van der Waals surface area contributed by atoms with Crippen molar-refractivity contribution in [2.45, 2.75) is 20.3 Å². The third-order valence-corrected chi connectivity index (χ3v) is 3.05. The lowest BCUT2D eigenvalue weighted by Gasteiger charge is -2.00. The van der Waals surface area contributed by atoms with Crippen molar-refractivity contribution in [3.63, 3.8) is 0 Å². The van der Waals surface area contributed by atoms with Crippen molar-refractivity contribution in [3.8, 4) is 0 Å². The van der Waals surface area contributed by atoms with Crippen molar-refractivity contribution in [3.05, 3.63) is 15.6 Å². The van der Waals surface area contributed by atoms with Crippen molar-refractivity contribution in [2.24, 2.45) is 5.73 Å². The molecule has 0 saturated carbocycles. The monoisotopic (exact) mass is 213 g/mol. The van der Waals surface area contributed by atoms with E-state index in [1.165, 1.54) is 4.88 Å². The molecule has 0 aromatic carbocycles. The number of hydrogen-bond acceptors (Lipinski definition) is 4. The minimum absolute atomic E-state index is 0.0515. The molecule has 1 amide bonds. The summed E-state index contributed by atoms with van der Waals surface area (Å²) >= 11 is 1.68. The van der Waals surface area contributed by atoms with E-state index in [0.29, 0.717) is 6.54 Å². The predicted octanol–water partition coefficient (Wildman–Crippen LogP) is 0.377. The third-order valence-electron chi connectivity index (χ3n) is 1.92. The zero-order valence-corrected chi connectivity index (χ0v) is 9.28. The fourth-order valence-corrected chi connectivity index (χ4v) is 1.96. The first-order valence-corrected chi connectivity index (χ1v) is 5.34. The van der Waals surface area contributed by atoms with Gasteiger partial charge in [-0.05, 0) is 13.8 Å². The molecule has 0 fully saturated rings. The molecule has 1 rings (SSSR count). The molecule has 0 unspecified atom stereocenters. The number of amides is 1. The topological polar surface area (TPSA) is 68.0 Å². The summed E-state index contributed by atoms with van der Waals surface area (Å²) in [5.41, 5.74) is 6.23. The second-order valence-electron chi connectivity index (χ2n) is 3.05. The zero-order valence-electron chi connectivity index (χ0n) is 8.46. The molecule has 78 valence electrons. The molecule has 0 atom stereocenters. The Morgan fingerprint density at radius 1 is 1.57 bits per heavy atom. The van der Waals surface area contributed by atoms with E-state index < -0.39 is 0 Å². The molecule has 1 aromatic rings. The van der Waals surface area contributed by atoms with Crippen molar-refractivity contribution in [2.75, 3.05) is 13.1 Å². The molecular formula is C9H15N3OS. The van der Waals surface area contributed by atoms with Gasteiger partial charge in [0.2, 0.25) is 5.91 Å². The predicted molar refractivity (Wildman–Crippen MR) is 57.4 cm³/mol. The van der Waals surface area contributed by atoms with Crippen LogP contribution in [0.1, 0.15) is 15.6 Å². The second kappa shape index (κ2) is 5.07. The summed E-state index contributed by atoms with van der Waals surface area (Å²) in [6, 6.07) is 0. The zero-order chi connectivity index (χ0) is 10.6. The van der Waals surface area contributed by atoms with Crippen LogP contribution < -0.4 is 11.1 Å². The van der Waals surface area contributed by atoms with Crippen molar-refractivity contribution >= 4 is 17.2 Å². The Morgan fingerprint density at radius 3 is 2.79 bits per heavy atom. The van der Waals surface area contributed by atoms with E-state index in [4.69, 9.17) is 5.73 Å². The van der Waals surface area contributed by atoms with E-state index in [0.717, 1.165) is 17.1 Å². The molecule has 3 N–H and O–H groups in total. The summed E-state index contributed by atoms with van der Waals surface area (Å²) in [7, 11) is 0. The van der Waals surface area contributed by atoms with Gasteiger partial charge in [-0.3, -0.25) is 4.79 Å². The van der Waals surface area contributed by atoms with Crippen LogP contribution in [0.25, 0.3) is 0 Å². The number of nitrogens with two attached hydrogens (primary N) is 1. The number of hydrogen-bond donors (Lipinski definition) is 2. The molecule has 0 spiro atoms. The van der Waals surface area contributed by atoms with Crippen LogP contribution in [-0.2, 0) is 11.2 Å². The molecule has 0 aliphatic heterocycles. The van der Waals surface area contributed by atoms with Crippen LogP contribution in [0.15, 0.2) is 0 Å². The smallest absolute Gasteiger partial charge is 0.233 e. The van der Waals surface area contributed by atoms with Crippen molar-refractivity contribution < 1.29 is 4.79 Å². The molecule has 14 heavy (non-hydrogen) atoms. The van der Waals surface area contributed by atoms with Gasteiger partial charge in [0.25, 0.3) is 0 Å². The molecule has 0 aliphatic carbocycles. The first kappa shape index (κ1) is 11.1. The highest BCUT2D eigenvalue weighted by Gasteiger charge is 2.03. The van der Waals surface area contributed by atoms with Gasteiger partial charge in [0, 0.05) is 17.8 Å².